The van der Waals surface area contributed by atoms with Gasteiger partial charge >= 0.3 is 5.97 Å². The van der Waals surface area contributed by atoms with E-state index in [2.05, 4.69) is 20.3 Å². The first kappa shape index (κ1) is 13.8. The van der Waals surface area contributed by atoms with E-state index in [4.69, 9.17) is 0 Å². The van der Waals surface area contributed by atoms with Crippen molar-refractivity contribution >= 4 is 17.6 Å². The predicted octanol–water partition coefficient (Wildman–Crippen LogP) is 1.97. The van der Waals surface area contributed by atoms with Gasteiger partial charge in [0.25, 0.3) is 0 Å². The zero-order chi connectivity index (χ0) is 14.4. The van der Waals surface area contributed by atoms with Gasteiger partial charge in [-0.25, -0.2) is 0 Å². The molecular weight excluding hydrogens is 258 g/mol. The van der Waals surface area contributed by atoms with E-state index in [0.29, 0.717) is 5.69 Å². The number of ether oxygens (including phenoxy) is 1. The molecule has 0 saturated heterocycles. The maximum atomic E-state index is 11.6. The summed E-state index contributed by atoms with van der Waals surface area (Å²) in [6.45, 7) is 0. The topological polar surface area (TPSA) is 84.1 Å². The lowest BCUT2D eigenvalue weighted by atomic mass is 10.1. The SMILES string of the molecule is COC(=O)CCC(=O)Nc1ccc(-c2ccn[nH]2)cc1. The molecule has 2 rings (SSSR count). The molecule has 0 unspecified atom stereocenters. The molecule has 1 aromatic heterocycles. The lowest BCUT2D eigenvalue weighted by Crippen LogP contribution is -2.13. The van der Waals surface area contributed by atoms with Gasteiger partial charge in [-0.1, -0.05) is 12.1 Å². The Morgan fingerprint density at radius 1 is 1.20 bits per heavy atom. The number of esters is 1. The van der Waals surface area contributed by atoms with Gasteiger partial charge in [0, 0.05) is 18.3 Å². The van der Waals surface area contributed by atoms with Crippen LogP contribution in [0.15, 0.2) is 36.5 Å². The highest BCUT2D eigenvalue weighted by molar-refractivity contribution is 5.92. The summed E-state index contributed by atoms with van der Waals surface area (Å²) in [5.74, 6) is -0.612. The van der Waals surface area contributed by atoms with Crippen molar-refractivity contribution in [3.05, 3.63) is 36.5 Å². The van der Waals surface area contributed by atoms with E-state index in [9.17, 15) is 9.59 Å². The standard InChI is InChI=1S/C14H15N3O3/c1-20-14(19)7-6-13(18)16-11-4-2-10(3-5-11)12-8-9-15-17-12/h2-5,8-9H,6-7H2,1H3,(H,15,17)(H,16,18). The highest BCUT2D eigenvalue weighted by atomic mass is 16.5. The first-order valence-electron chi connectivity index (χ1n) is 6.15. The fourth-order valence-electron chi connectivity index (χ4n) is 1.69. The molecule has 0 aliphatic heterocycles. The minimum absolute atomic E-state index is 0.0779. The normalized spacial score (nSPS) is 10.1. The minimum Gasteiger partial charge on any atom is -0.469 e. The van der Waals surface area contributed by atoms with Crippen LogP contribution in [0.25, 0.3) is 11.3 Å². The van der Waals surface area contributed by atoms with E-state index < -0.39 is 5.97 Å². The largest absolute Gasteiger partial charge is 0.469 e. The summed E-state index contributed by atoms with van der Waals surface area (Å²) in [5, 5.41) is 9.47. The zero-order valence-corrected chi connectivity index (χ0v) is 11.1. The van der Waals surface area contributed by atoms with E-state index in [1.807, 2.05) is 18.2 Å². The third-order valence-corrected chi connectivity index (χ3v) is 2.76. The second kappa shape index (κ2) is 6.51. The van der Waals surface area contributed by atoms with Crippen LogP contribution in [-0.2, 0) is 14.3 Å². The zero-order valence-electron chi connectivity index (χ0n) is 11.1. The number of amides is 1. The van der Waals surface area contributed by atoms with Crippen LogP contribution < -0.4 is 5.32 Å². The summed E-state index contributed by atoms with van der Waals surface area (Å²) in [6.07, 6.45) is 1.86. The molecule has 0 bridgehead atoms. The van der Waals surface area contributed by atoms with Crippen LogP contribution in [0.2, 0.25) is 0 Å². The molecule has 0 aliphatic rings. The molecule has 104 valence electrons. The van der Waals surface area contributed by atoms with Crippen LogP contribution in [0.3, 0.4) is 0 Å². The quantitative estimate of drug-likeness (QED) is 0.816. The van der Waals surface area contributed by atoms with Gasteiger partial charge in [0.2, 0.25) is 5.91 Å². The molecule has 6 nitrogen and oxygen atoms in total. The fourth-order valence-corrected chi connectivity index (χ4v) is 1.69. The van der Waals surface area contributed by atoms with Crippen LogP contribution in [0.5, 0.6) is 0 Å². The van der Waals surface area contributed by atoms with Crippen molar-refractivity contribution in [2.24, 2.45) is 0 Å². The number of carbonyl (C=O) groups is 2. The molecule has 0 radical (unpaired) electrons. The monoisotopic (exact) mass is 273 g/mol. The van der Waals surface area contributed by atoms with Gasteiger partial charge < -0.3 is 10.1 Å². The molecule has 20 heavy (non-hydrogen) atoms. The third-order valence-electron chi connectivity index (χ3n) is 2.76. The van der Waals surface area contributed by atoms with Crippen LogP contribution >= 0.6 is 0 Å². The number of anilines is 1. The van der Waals surface area contributed by atoms with Crippen molar-refractivity contribution in [1.29, 1.82) is 0 Å². The molecule has 0 fully saturated rings. The number of benzene rings is 1. The van der Waals surface area contributed by atoms with Crippen molar-refractivity contribution in [3.63, 3.8) is 0 Å². The number of rotatable bonds is 5. The van der Waals surface area contributed by atoms with E-state index in [1.54, 1.807) is 18.3 Å². The smallest absolute Gasteiger partial charge is 0.306 e. The van der Waals surface area contributed by atoms with Crippen LogP contribution in [0, 0.1) is 0 Å². The summed E-state index contributed by atoms with van der Waals surface area (Å²) in [6, 6.07) is 9.22. The highest BCUT2D eigenvalue weighted by Crippen LogP contribution is 2.18. The number of methoxy groups -OCH3 is 1. The first-order chi connectivity index (χ1) is 9.69. The number of nitrogens with one attached hydrogen (secondary N) is 2. The van der Waals surface area contributed by atoms with Gasteiger partial charge in [0.1, 0.15) is 0 Å². The Kier molecular flexibility index (Phi) is 4.49. The third kappa shape index (κ3) is 3.68. The number of hydrogen-bond donors (Lipinski definition) is 2. The average molecular weight is 273 g/mol. The van der Waals surface area contributed by atoms with Crippen molar-refractivity contribution in [3.8, 4) is 11.3 Å². The summed E-state index contributed by atoms with van der Waals surface area (Å²) in [7, 11) is 1.30. The molecule has 0 spiro atoms. The Morgan fingerprint density at radius 3 is 2.55 bits per heavy atom. The molecule has 0 aliphatic carbocycles. The fraction of sp³-hybridized carbons (Fsp3) is 0.214. The maximum absolute atomic E-state index is 11.6. The van der Waals surface area contributed by atoms with Crippen LogP contribution in [-0.4, -0.2) is 29.2 Å². The second-order valence-corrected chi connectivity index (χ2v) is 4.17. The molecule has 0 saturated carbocycles. The first-order valence-corrected chi connectivity index (χ1v) is 6.15. The van der Waals surface area contributed by atoms with Crippen molar-refractivity contribution in [1.82, 2.24) is 10.2 Å². The van der Waals surface area contributed by atoms with Gasteiger partial charge in [0.05, 0.1) is 19.2 Å². The van der Waals surface area contributed by atoms with E-state index >= 15 is 0 Å². The predicted molar refractivity (Wildman–Crippen MR) is 73.9 cm³/mol. The lowest BCUT2D eigenvalue weighted by Gasteiger charge is -2.05. The summed E-state index contributed by atoms with van der Waals surface area (Å²) in [4.78, 5) is 22.5. The summed E-state index contributed by atoms with van der Waals surface area (Å²) in [5.41, 5.74) is 2.58. The van der Waals surface area contributed by atoms with Crippen LogP contribution in [0.1, 0.15) is 12.8 Å². The summed E-state index contributed by atoms with van der Waals surface area (Å²) < 4.78 is 4.48. The van der Waals surface area contributed by atoms with Crippen molar-refractivity contribution in [2.75, 3.05) is 12.4 Å². The Balaban J connectivity index is 1.90. The maximum Gasteiger partial charge on any atom is 0.306 e. The second-order valence-electron chi connectivity index (χ2n) is 4.17. The average Bonchev–Trinajstić information content (AvgIpc) is 2.99. The minimum atomic E-state index is -0.394. The van der Waals surface area contributed by atoms with Crippen LogP contribution in [0.4, 0.5) is 5.69 Å². The van der Waals surface area contributed by atoms with E-state index in [1.165, 1.54) is 7.11 Å². The summed E-state index contributed by atoms with van der Waals surface area (Å²) >= 11 is 0. The molecule has 1 heterocycles. The van der Waals surface area contributed by atoms with Gasteiger partial charge in [-0.05, 0) is 23.8 Å². The molecule has 6 heteroatoms. The molecule has 0 atom stereocenters. The molecule has 2 N–H and O–H groups in total. The van der Waals surface area contributed by atoms with Crippen molar-refractivity contribution < 1.29 is 14.3 Å². The van der Waals surface area contributed by atoms with Gasteiger partial charge in [-0.15, -0.1) is 0 Å². The molecule has 1 amide bonds. The van der Waals surface area contributed by atoms with E-state index in [0.717, 1.165) is 11.3 Å². The number of H-pyrrole nitrogens is 1. The van der Waals surface area contributed by atoms with Crippen molar-refractivity contribution in [2.45, 2.75) is 12.8 Å². The Bertz CT molecular complexity index is 576. The van der Waals surface area contributed by atoms with Gasteiger partial charge in [-0.3, -0.25) is 14.7 Å². The Morgan fingerprint density at radius 2 is 1.95 bits per heavy atom. The highest BCUT2D eigenvalue weighted by Gasteiger charge is 2.07. The Hall–Kier alpha value is -2.63. The Labute approximate surface area is 116 Å². The number of nitrogens with zero attached hydrogens (tertiary/aromatic N) is 1. The van der Waals surface area contributed by atoms with Gasteiger partial charge in [-0.2, -0.15) is 5.10 Å². The number of aromatic nitrogens is 2. The number of carbonyl (C=O) groups excluding carboxylic acids is 2. The lowest BCUT2D eigenvalue weighted by molar-refractivity contribution is -0.141. The van der Waals surface area contributed by atoms with Gasteiger partial charge in [0.15, 0.2) is 0 Å². The molecule has 1 aromatic carbocycles. The number of aromatic amines is 1. The molecule has 2 aromatic rings. The van der Waals surface area contributed by atoms with E-state index in [-0.39, 0.29) is 18.7 Å². The molecular formula is C14H15N3O3. The number of hydrogen-bond acceptors (Lipinski definition) is 4.